The van der Waals surface area contributed by atoms with Gasteiger partial charge < -0.3 is 19.9 Å². The smallest absolute Gasteiger partial charge is 0.277 e. The van der Waals surface area contributed by atoms with Crippen LogP contribution in [0, 0.1) is 0 Å². The summed E-state index contributed by atoms with van der Waals surface area (Å²) < 4.78 is 7.26. The van der Waals surface area contributed by atoms with Crippen LogP contribution >= 0.6 is 0 Å². The minimum Gasteiger partial charge on any atom is -0.484 e. The van der Waals surface area contributed by atoms with Crippen molar-refractivity contribution in [1.29, 1.82) is 0 Å². The summed E-state index contributed by atoms with van der Waals surface area (Å²) >= 11 is 0. The van der Waals surface area contributed by atoms with Crippen molar-refractivity contribution in [3.63, 3.8) is 0 Å². The molecule has 1 aromatic heterocycles. The van der Waals surface area contributed by atoms with E-state index in [1.165, 1.54) is 6.21 Å². The number of carbonyl (C=O) groups excluding carboxylic acids is 2. The molecule has 1 heterocycles. The van der Waals surface area contributed by atoms with Crippen molar-refractivity contribution in [3.8, 4) is 5.75 Å². The Kier molecular flexibility index (Phi) is 6.13. The first kappa shape index (κ1) is 19.9. The van der Waals surface area contributed by atoms with Gasteiger partial charge in [-0.2, -0.15) is 5.10 Å². The molecule has 8 heteroatoms. The summed E-state index contributed by atoms with van der Waals surface area (Å²) in [7, 11) is 3.86. The van der Waals surface area contributed by atoms with Crippen LogP contribution in [0.4, 0.5) is 5.69 Å². The quantitative estimate of drug-likeness (QED) is 0.449. The van der Waals surface area contributed by atoms with Crippen molar-refractivity contribution in [2.24, 2.45) is 10.8 Å². The number of hydrazone groups is 1. The van der Waals surface area contributed by atoms with Gasteiger partial charge in [0.15, 0.2) is 6.61 Å². The lowest BCUT2D eigenvalue weighted by Gasteiger charge is -2.13. The minimum absolute atomic E-state index is 0.0700. The first-order valence-electron chi connectivity index (χ1n) is 9.02. The van der Waals surface area contributed by atoms with Crippen molar-refractivity contribution in [3.05, 3.63) is 60.3 Å². The number of fused-ring (bicyclic) bond motifs is 1. The Balaban J connectivity index is 1.62. The van der Waals surface area contributed by atoms with Crippen LogP contribution in [0.5, 0.6) is 5.75 Å². The number of amides is 2. The van der Waals surface area contributed by atoms with Gasteiger partial charge in [0.25, 0.3) is 5.91 Å². The lowest BCUT2D eigenvalue weighted by molar-refractivity contribution is -0.123. The van der Waals surface area contributed by atoms with Crippen molar-refractivity contribution < 1.29 is 14.3 Å². The molecule has 0 spiro atoms. The molecule has 0 unspecified atom stereocenters. The van der Waals surface area contributed by atoms with Gasteiger partial charge in [-0.05, 0) is 18.2 Å². The Morgan fingerprint density at radius 2 is 2.00 bits per heavy atom. The molecule has 2 aromatic carbocycles. The SMILES string of the molecule is CN(C)c1cccc(OCC(=O)N/N=C/c2cn(CC(N)=O)c3ccccc23)c1. The Morgan fingerprint density at radius 3 is 2.76 bits per heavy atom. The van der Waals surface area contributed by atoms with Crippen molar-refractivity contribution in [2.75, 3.05) is 25.6 Å². The highest BCUT2D eigenvalue weighted by Gasteiger charge is 2.08. The van der Waals surface area contributed by atoms with Gasteiger partial charge in [-0.25, -0.2) is 5.43 Å². The van der Waals surface area contributed by atoms with Crippen molar-refractivity contribution in [2.45, 2.75) is 6.54 Å². The van der Waals surface area contributed by atoms with E-state index in [-0.39, 0.29) is 19.1 Å². The zero-order valence-corrected chi connectivity index (χ0v) is 16.3. The molecule has 0 aliphatic rings. The summed E-state index contributed by atoms with van der Waals surface area (Å²) in [5.41, 5.74) is 10.4. The highest BCUT2D eigenvalue weighted by molar-refractivity contribution is 6.00. The second kappa shape index (κ2) is 8.92. The largest absolute Gasteiger partial charge is 0.484 e. The first-order chi connectivity index (χ1) is 13.9. The molecular formula is C21H23N5O3. The monoisotopic (exact) mass is 393 g/mol. The first-order valence-corrected chi connectivity index (χ1v) is 9.02. The van der Waals surface area contributed by atoms with E-state index in [0.717, 1.165) is 22.2 Å². The maximum absolute atomic E-state index is 12.0. The average molecular weight is 393 g/mol. The molecule has 8 nitrogen and oxygen atoms in total. The van der Waals surface area contributed by atoms with E-state index < -0.39 is 5.91 Å². The predicted octanol–water partition coefficient (Wildman–Crippen LogP) is 1.72. The zero-order valence-electron chi connectivity index (χ0n) is 16.3. The summed E-state index contributed by atoms with van der Waals surface area (Å²) in [5, 5.41) is 4.91. The number of aromatic nitrogens is 1. The number of rotatable bonds is 8. The second-order valence-electron chi connectivity index (χ2n) is 6.67. The number of anilines is 1. The van der Waals surface area contributed by atoms with Crippen LogP contribution in [0.2, 0.25) is 0 Å². The number of ether oxygens (including phenoxy) is 1. The summed E-state index contributed by atoms with van der Waals surface area (Å²) in [6.07, 6.45) is 3.30. The van der Waals surface area contributed by atoms with Gasteiger partial charge in [0.1, 0.15) is 12.3 Å². The molecule has 0 aliphatic heterocycles. The maximum Gasteiger partial charge on any atom is 0.277 e. The van der Waals surface area contributed by atoms with Gasteiger partial charge in [-0.15, -0.1) is 0 Å². The van der Waals surface area contributed by atoms with Crippen LogP contribution in [0.15, 0.2) is 59.8 Å². The molecule has 0 bridgehead atoms. The van der Waals surface area contributed by atoms with E-state index in [0.29, 0.717) is 5.75 Å². The molecule has 0 radical (unpaired) electrons. The third kappa shape index (κ3) is 5.13. The minimum atomic E-state index is -0.432. The van der Waals surface area contributed by atoms with E-state index in [1.54, 1.807) is 16.8 Å². The van der Waals surface area contributed by atoms with Gasteiger partial charge in [0.2, 0.25) is 5.91 Å². The van der Waals surface area contributed by atoms with Gasteiger partial charge in [-0.1, -0.05) is 24.3 Å². The standard InChI is InChI=1S/C21H23N5O3/c1-25(2)16-6-5-7-17(10-16)29-14-21(28)24-23-11-15-12-26(13-20(22)27)19-9-4-3-8-18(15)19/h3-12H,13-14H2,1-2H3,(H2,22,27)(H,24,28)/b23-11+. The van der Waals surface area contributed by atoms with E-state index >= 15 is 0 Å². The highest BCUT2D eigenvalue weighted by Crippen LogP contribution is 2.20. The maximum atomic E-state index is 12.0. The van der Waals surface area contributed by atoms with E-state index in [1.807, 2.05) is 61.5 Å². The molecule has 0 saturated heterocycles. The Hall–Kier alpha value is -3.81. The summed E-state index contributed by atoms with van der Waals surface area (Å²) in [6.45, 7) is -0.0851. The van der Waals surface area contributed by atoms with Crippen LogP contribution in [0.3, 0.4) is 0 Å². The fourth-order valence-corrected chi connectivity index (χ4v) is 2.88. The normalized spacial score (nSPS) is 11.0. The number of hydrogen-bond donors (Lipinski definition) is 2. The molecule has 3 rings (SSSR count). The van der Waals surface area contributed by atoms with Crippen LogP contribution in [-0.4, -0.2) is 43.3 Å². The Labute approximate surface area is 168 Å². The van der Waals surface area contributed by atoms with Gasteiger partial charge in [-0.3, -0.25) is 9.59 Å². The zero-order chi connectivity index (χ0) is 20.8. The van der Waals surface area contributed by atoms with E-state index in [9.17, 15) is 9.59 Å². The third-order valence-corrected chi connectivity index (χ3v) is 4.24. The molecular weight excluding hydrogens is 370 g/mol. The summed E-state index contributed by atoms with van der Waals surface area (Å²) in [5.74, 6) is -0.208. The van der Waals surface area contributed by atoms with Crippen LogP contribution < -0.4 is 20.8 Å². The average Bonchev–Trinajstić information content (AvgIpc) is 3.04. The van der Waals surface area contributed by atoms with Gasteiger partial charge in [0.05, 0.1) is 6.21 Å². The molecule has 29 heavy (non-hydrogen) atoms. The van der Waals surface area contributed by atoms with E-state index in [4.69, 9.17) is 10.5 Å². The Bertz CT molecular complexity index is 1060. The van der Waals surface area contributed by atoms with E-state index in [2.05, 4.69) is 10.5 Å². The van der Waals surface area contributed by atoms with Crippen LogP contribution in [-0.2, 0) is 16.1 Å². The number of para-hydroxylation sites is 1. The number of nitrogens with zero attached hydrogens (tertiary/aromatic N) is 3. The predicted molar refractivity (Wildman–Crippen MR) is 113 cm³/mol. The summed E-state index contributed by atoms with van der Waals surface area (Å²) in [6, 6.07) is 15.0. The summed E-state index contributed by atoms with van der Waals surface area (Å²) in [4.78, 5) is 25.2. The third-order valence-electron chi connectivity index (χ3n) is 4.24. The molecule has 2 amide bonds. The Morgan fingerprint density at radius 1 is 1.21 bits per heavy atom. The number of nitrogens with two attached hydrogens (primary N) is 1. The van der Waals surface area contributed by atoms with Crippen molar-refractivity contribution >= 4 is 34.6 Å². The number of nitrogens with one attached hydrogen (secondary N) is 1. The topological polar surface area (TPSA) is 102 Å². The molecule has 0 atom stereocenters. The van der Waals surface area contributed by atoms with Gasteiger partial charge in [0, 0.05) is 48.5 Å². The number of primary amides is 1. The number of hydrogen-bond acceptors (Lipinski definition) is 5. The fraction of sp³-hybridized carbons (Fsp3) is 0.190. The fourth-order valence-electron chi connectivity index (χ4n) is 2.88. The molecule has 0 saturated carbocycles. The number of benzene rings is 2. The molecule has 0 aliphatic carbocycles. The molecule has 3 aromatic rings. The second-order valence-corrected chi connectivity index (χ2v) is 6.67. The van der Waals surface area contributed by atoms with Crippen LogP contribution in [0.1, 0.15) is 5.56 Å². The molecule has 150 valence electrons. The highest BCUT2D eigenvalue weighted by atomic mass is 16.5. The lowest BCUT2D eigenvalue weighted by Crippen LogP contribution is -2.24. The van der Waals surface area contributed by atoms with Crippen LogP contribution in [0.25, 0.3) is 10.9 Å². The molecule has 3 N–H and O–H groups in total. The van der Waals surface area contributed by atoms with Gasteiger partial charge >= 0.3 is 0 Å². The number of carbonyl (C=O) groups is 2. The van der Waals surface area contributed by atoms with Crippen molar-refractivity contribution in [1.82, 2.24) is 9.99 Å². The molecule has 0 fully saturated rings. The lowest BCUT2D eigenvalue weighted by atomic mass is 10.2.